The summed E-state index contributed by atoms with van der Waals surface area (Å²) in [6.07, 6.45) is -1.67. The molecule has 1 aliphatic rings. The Balaban J connectivity index is 1.86. The summed E-state index contributed by atoms with van der Waals surface area (Å²) in [5.74, 6) is -2.48. The molecule has 1 aliphatic heterocycles. The van der Waals surface area contributed by atoms with E-state index in [1.165, 1.54) is 32.1 Å². The van der Waals surface area contributed by atoms with E-state index in [0.29, 0.717) is 5.56 Å². The number of carbonyl (C=O) groups excluding carboxylic acids is 5. The van der Waals surface area contributed by atoms with Crippen molar-refractivity contribution >= 4 is 35.7 Å². The van der Waals surface area contributed by atoms with Gasteiger partial charge in [-0.05, 0) is 35.9 Å². The van der Waals surface area contributed by atoms with Crippen molar-refractivity contribution in [2.45, 2.75) is 58.3 Å². The fourth-order valence-electron chi connectivity index (χ4n) is 4.06. The third-order valence-corrected chi connectivity index (χ3v) is 5.69. The standard InChI is InChI=1S/C29H31NO10/c1-17(31)30-26-28(38-20(4)34)27(37-19(3)33)25(16-36-18(2)32)40-29(26)39-23-13-11-22(12-14-23)24(35)15-10-21-8-6-5-7-9-21/h5-15,25-29H,16H2,1-4H3,(H,30,31)/b15-10+/t25-,26-,27+,28-,29-/m0/s1. The first-order valence-corrected chi connectivity index (χ1v) is 12.5. The van der Waals surface area contributed by atoms with Crippen molar-refractivity contribution in [3.8, 4) is 5.75 Å². The highest BCUT2D eigenvalue weighted by Crippen LogP contribution is 2.29. The lowest BCUT2D eigenvalue weighted by Gasteiger charge is -2.44. The maximum absolute atomic E-state index is 12.6. The molecule has 0 spiro atoms. The normalized spacial score (nSPS) is 22.1. The minimum absolute atomic E-state index is 0.221. The van der Waals surface area contributed by atoms with Gasteiger partial charge in [0.05, 0.1) is 0 Å². The van der Waals surface area contributed by atoms with Gasteiger partial charge >= 0.3 is 17.9 Å². The van der Waals surface area contributed by atoms with Gasteiger partial charge in [0, 0.05) is 33.3 Å². The number of carbonyl (C=O) groups is 5. The molecule has 3 rings (SSSR count). The average Bonchev–Trinajstić information content (AvgIpc) is 2.89. The van der Waals surface area contributed by atoms with Crippen LogP contribution in [0.1, 0.15) is 43.6 Å². The number of allylic oxidation sites excluding steroid dienone is 1. The van der Waals surface area contributed by atoms with Gasteiger partial charge in [-0.15, -0.1) is 0 Å². The molecule has 0 unspecified atom stereocenters. The van der Waals surface area contributed by atoms with Gasteiger partial charge in [-0.3, -0.25) is 24.0 Å². The number of rotatable bonds is 10. The van der Waals surface area contributed by atoms with Crippen LogP contribution in [0.3, 0.4) is 0 Å². The van der Waals surface area contributed by atoms with Crippen LogP contribution in [0.25, 0.3) is 6.08 Å². The maximum atomic E-state index is 12.6. The summed E-state index contributed by atoms with van der Waals surface area (Å²) in [5.41, 5.74) is 1.29. The van der Waals surface area contributed by atoms with Crippen LogP contribution in [0, 0.1) is 0 Å². The molecule has 0 bridgehead atoms. The second-order valence-corrected chi connectivity index (χ2v) is 8.97. The summed E-state index contributed by atoms with van der Waals surface area (Å²) in [5, 5.41) is 2.63. The number of hydrogen-bond donors (Lipinski definition) is 1. The molecule has 1 amide bonds. The average molecular weight is 554 g/mol. The van der Waals surface area contributed by atoms with Crippen molar-refractivity contribution in [3.05, 3.63) is 71.8 Å². The fraction of sp³-hybridized carbons (Fsp3) is 0.345. The zero-order valence-corrected chi connectivity index (χ0v) is 22.5. The maximum Gasteiger partial charge on any atom is 0.303 e. The van der Waals surface area contributed by atoms with E-state index in [0.717, 1.165) is 19.4 Å². The lowest BCUT2D eigenvalue weighted by atomic mass is 9.96. The van der Waals surface area contributed by atoms with Gasteiger partial charge in [0.1, 0.15) is 24.5 Å². The monoisotopic (exact) mass is 553 g/mol. The van der Waals surface area contributed by atoms with E-state index in [2.05, 4.69) is 5.32 Å². The molecule has 2 aromatic rings. The van der Waals surface area contributed by atoms with Gasteiger partial charge in [-0.1, -0.05) is 36.4 Å². The topological polar surface area (TPSA) is 144 Å². The van der Waals surface area contributed by atoms with E-state index in [9.17, 15) is 24.0 Å². The zero-order valence-electron chi connectivity index (χ0n) is 22.5. The van der Waals surface area contributed by atoms with Crippen LogP contribution in [0.15, 0.2) is 60.7 Å². The Morgan fingerprint density at radius 1 is 0.825 bits per heavy atom. The first-order valence-electron chi connectivity index (χ1n) is 12.5. The van der Waals surface area contributed by atoms with Crippen molar-refractivity contribution in [1.29, 1.82) is 0 Å². The third kappa shape index (κ3) is 8.77. The highest BCUT2D eigenvalue weighted by Gasteiger charge is 2.51. The van der Waals surface area contributed by atoms with Crippen molar-refractivity contribution in [2.24, 2.45) is 0 Å². The van der Waals surface area contributed by atoms with Gasteiger partial charge < -0.3 is 29.0 Å². The van der Waals surface area contributed by atoms with E-state index in [4.69, 9.17) is 23.7 Å². The number of amides is 1. The Bertz CT molecular complexity index is 1240. The second kappa shape index (κ2) is 14.0. The molecule has 0 radical (unpaired) electrons. The van der Waals surface area contributed by atoms with Crippen LogP contribution in [0.2, 0.25) is 0 Å². The molecule has 11 nitrogen and oxygen atoms in total. The highest BCUT2D eigenvalue weighted by molar-refractivity contribution is 6.06. The molecular formula is C29H31NO10. The van der Waals surface area contributed by atoms with Gasteiger partial charge in [0.15, 0.2) is 18.0 Å². The smallest absolute Gasteiger partial charge is 0.303 e. The van der Waals surface area contributed by atoms with E-state index >= 15 is 0 Å². The number of benzene rings is 2. The molecule has 1 fully saturated rings. The molecule has 2 aromatic carbocycles. The molecule has 1 N–H and O–H groups in total. The second-order valence-electron chi connectivity index (χ2n) is 8.97. The van der Waals surface area contributed by atoms with Crippen LogP contribution in [0.4, 0.5) is 0 Å². The Hall–Kier alpha value is -4.51. The summed E-state index contributed by atoms with van der Waals surface area (Å²) < 4.78 is 27.9. The lowest BCUT2D eigenvalue weighted by molar-refractivity contribution is -0.257. The Labute approximate surface area is 231 Å². The van der Waals surface area contributed by atoms with E-state index < -0.39 is 54.5 Å². The lowest BCUT2D eigenvalue weighted by Crippen LogP contribution is -2.67. The summed E-state index contributed by atoms with van der Waals surface area (Å²) in [6, 6.07) is 14.5. The molecule has 5 atom stereocenters. The van der Waals surface area contributed by atoms with Crippen molar-refractivity contribution in [3.63, 3.8) is 0 Å². The minimum Gasteiger partial charge on any atom is -0.463 e. The van der Waals surface area contributed by atoms with Crippen LogP contribution in [0.5, 0.6) is 5.75 Å². The Morgan fingerprint density at radius 3 is 2.02 bits per heavy atom. The quantitative estimate of drug-likeness (QED) is 0.202. The molecular weight excluding hydrogens is 522 g/mol. The Morgan fingerprint density at radius 2 is 1.45 bits per heavy atom. The molecule has 40 heavy (non-hydrogen) atoms. The van der Waals surface area contributed by atoms with Crippen LogP contribution in [-0.4, -0.2) is 66.8 Å². The molecule has 0 aliphatic carbocycles. The first kappa shape index (κ1) is 30.0. The van der Waals surface area contributed by atoms with Crippen LogP contribution >= 0.6 is 0 Å². The molecule has 11 heteroatoms. The zero-order chi connectivity index (χ0) is 29.2. The molecule has 1 heterocycles. The largest absolute Gasteiger partial charge is 0.463 e. The van der Waals surface area contributed by atoms with Crippen LogP contribution in [-0.2, 0) is 38.1 Å². The number of ketones is 1. The van der Waals surface area contributed by atoms with E-state index in [1.54, 1.807) is 18.2 Å². The Kier molecular flexibility index (Phi) is 10.5. The predicted molar refractivity (Wildman–Crippen MR) is 141 cm³/mol. The number of ether oxygens (including phenoxy) is 5. The summed E-state index contributed by atoms with van der Waals surface area (Å²) >= 11 is 0. The summed E-state index contributed by atoms with van der Waals surface area (Å²) in [7, 11) is 0. The van der Waals surface area contributed by atoms with Crippen molar-refractivity contribution in [2.75, 3.05) is 6.61 Å². The summed E-state index contributed by atoms with van der Waals surface area (Å²) in [6.45, 7) is 4.40. The molecule has 0 saturated carbocycles. The number of hydrogen-bond acceptors (Lipinski definition) is 10. The first-order chi connectivity index (χ1) is 19.0. The molecule has 0 aromatic heterocycles. The fourth-order valence-corrected chi connectivity index (χ4v) is 4.06. The summed E-state index contributed by atoms with van der Waals surface area (Å²) in [4.78, 5) is 60.0. The van der Waals surface area contributed by atoms with E-state index in [1.807, 2.05) is 30.3 Å². The number of nitrogens with one attached hydrogen (secondary N) is 1. The van der Waals surface area contributed by atoms with Gasteiger partial charge in [-0.2, -0.15) is 0 Å². The van der Waals surface area contributed by atoms with Gasteiger partial charge in [0.2, 0.25) is 12.2 Å². The van der Waals surface area contributed by atoms with Crippen LogP contribution < -0.4 is 10.1 Å². The van der Waals surface area contributed by atoms with Crippen molar-refractivity contribution in [1.82, 2.24) is 5.32 Å². The van der Waals surface area contributed by atoms with Gasteiger partial charge in [0.25, 0.3) is 0 Å². The number of esters is 3. The predicted octanol–water partition coefficient (Wildman–Crippen LogP) is 2.62. The molecule has 1 saturated heterocycles. The highest BCUT2D eigenvalue weighted by atomic mass is 16.7. The third-order valence-electron chi connectivity index (χ3n) is 5.69. The molecule has 212 valence electrons. The SMILES string of the molecule is CC(=O)N[C@@H]1[C@@H](Oc2ccc(C(=O)/C=C/c3ccccc3)cc2)O[C@@H](COC(C)=O)[C@@H](OC(C)=O)[C@H]1OC(C)=O. The van der Waals surface area contributed by atoms with Crippen molar-refractivity contribution < 1.29 is 47.7 Å². The van der Waals surface area contributed by atoms with E-state index in [-0.39, 0.29) is 18.1 Å². The van der Waals surface area contributed by atoms with Gasteiger partial charge in [-0.25, -0.2) is 0 Å². The minimum atomic E-state index is -1.26.